The van der Waals surface area contributed by atoms with E-state index in [1.165, 1.54) is 12.8 Å². The summed E-state index contributed by atoms with van der Waals surface area (Å²) in [5.41, 5.74) is 0.857. The van der Waals surface area contributed by atoms with Crippen LogP contribution in [-0.4, -0.2) is 36.2 Å². The number of nitrogens with zero attached hydrogens (tertiary/aromatic N) is 1. The van der Waals surface area contributed by atoms with Crippen molar-refractivity contribution in [2.45, 2.75) is 18.9 Å². The van der Waals surface area contributed by atoms with Gasteiger partial charge < -0.3 is 10.4 Å². The van der Waals surface area contributed by atoms with E-state index in [2.05, 4.69) is 10.2 Å². The third-order valence-electron chi connectivity index (χ3n) is 3.98. The minimum atomic E-state index is 0.229. The molecule has 1 heterocycles. The Kier molecular flexibility index (Phi) is 3.90. The van der Waals surface area contributed by atoms with E-state index in [9.17, 15) is 5.11 Å². The molecule has 1 atom stereocenters. The van der Waals surface area contributed by atoms with Crippen molar-refractivity contribution in [1.29, 1.82) is 0 Å². The van der Waals surface area contributed by atoms with E-state index >= 15 is 0 Å². The summed E-state index contributed by atoms with van der Waals surface area (Å²) in [5.74, 6) is 0.843. The molecule has 19 heavy (non-hydrogen) atoms. The number of nitrogens with one attached hydrogen (secondary N) is 1. The van der Waals surface area contributed by atoms with Crippen molar-refractivity contribution in [2.24, 2.45) is 5.92 Å². The monoisotopic (exact) mass is 300 g/mol. The van der Waals surface area contributed by atoms with E-state index in [1.54, 1.807) is 12.1 Å². The zero-order valence-corrected chi connectivity index (χ0v) is 12.2. The minimum absolute atomic E-state index is 0.229. The molecular formula is C14H18Cl2N2O. The fourth-order valence-electron chi connectivity index (χ4n) is 2.95. The second-order valence-corrected chi connectivity index (χ2v) is 6.23. The molecule has 0 aromatic heterocycles. The maximum Gasteiger partial charge on any atom is 0.123 e. The van der Waals surface area contributed by atoms with Crippen LogP contribution < -0.4 is 5.32 Å². The smallest absolute Gasteiger partial charge is 0.123 e. The Morgan fingerprint density at radius 3 is 2.47 bits per heavy atom. The predicted octanol–water partition coefficient (Wildman–Crippen LogP) is 3.06. The van der Waals surface area contributed by atoms with Crippen LogP contribution in [0.4, 0.5) is 0 Å². The van der Waals surface area contributed by atoms with E-state index in [1.807, 2.05) is 0 Å². The third-order valence-corrected chi connectivity index (χ3v) is 4.51. The van der Waals surface area contributed by atoms with Gasteiger partial charge in [-0.1, -0.05) is 23.2 Å². The van der Waals surface area contributed by atoms with Gasteiger partial charge in [0.15, 0.2) is 0 Å². The molecule has 0 bridgehead atoms. The van der Waals surface area contributed by atoms with Gasteiger partial charge >= 0.3 is 0 Å². The SMILES string of the molecule is Oc1cc(Cl)cc(Cl)c1[C@H](C1CC1)N1CCNCC1. The molecule has 0 radical (unpaired) electrons. The minimum Gasteiger partial charge on any atom is -0.508 e. The molecule has 0 spiro atoms. The van der Waals surface area contributed by atoms with E-state index in [4.69, 9.17) is 23.2 Å². The summed E-state index contributed by atoms with van der Waals surface area (Å²) in [7, 11) is 0. The van der Waals surface area contributed by atoms with Gasteiger partial charge in [0.25, 0.3) is 0 Å². The zero-order chi connectivity index (χ0) is 13.4. The lowest BCUT2D eigenvalue weighted by atomic mass is 9.98. The average Bonchev–Trinajstić information content (AvgIpc) is 3.18. The number of hydrogen-bond acceptors (Lipinski definition) is 3. The van der Waals surface area contributed by atoms with E-state index < -0.39 is 0 Å². The van der Waals surface area contributed by atoms with Gasteiger partial charge in [-0.25, -0.2) is 0 Å². The van der Waals surface area contributed by atoms with Crippen LogP contribution in [0.15, 0.2) is 12.1 Å². The number of halogens is 2. The first-order chi connectivity index (χ1) is 9.16. The molecule has 1 aliphatic heterocycles. The highest BCUT2D eigenvalue weighted by Crippen LogP contribution is 2.49. The van der Waals surface area contributed by atoms with Gasteiger partial charge in [-0.15, -0.1) is 0 Å². The number of phenols is 1. The van der Waals surface area contributed by atoms with Gasteiger partial charge in [-0.05, 0) is 30.9 Å². The summed E-state index contributed by atoms with van der Waals surface area (Å²) in [6, 6.07) is 3.56. The Hall–Kier alpha value is -0.480. The molecular weight excluding hydrogens is 283 g/mol. The molecule has 1 aliphatic carbocycles. The Labute approximate surface area is 123 Å². The fraction of sp³-hybridized carbons (Fsp3) is 0.571. The molecule has 1 saturated carbocycles. The van der Waals surface area contributed by atoms with E-state index in [0.717, 1.165) is 31.7 Å². The lowest BCUT2D eigenvalue weighted by Crippen LogP contribution is -2.45. The third kappa shape index (κ3) is 2.84. The van der Waals surface area contributed by atoms with E-state index in [0.29, 0.717) is 16.0 Å². The van der Waals surface area contributed by atoms with Crippen molar-refractivity contribution in [2.75, 3.05) is 26.2 Å². The standard InChI is InChI=1S/C14H18Cl2N2O/c15-10-7-11(16)13(12(19)8-10)14(9-1-2-9)18-5-3-17-4-6-18/h7-9,14,17,19H,1-6H2/t14-/m0/s1. The van der Waals surface area contributed by atoms with Gasteiger partial charge in [-0.3, -0.25) is 4.90 Å². The predicted molar refractivity (Wildman–Crippen MR) is 78.0 cm³/mol. The van der Waals surface area contributed by atoms with Crippen molar-refractivity contribution in [1.82, 2.24) is 10.2 Å². The van der Waals surface area contributed by atoms with E-state index in [-0.39, 0.29) is 11.8 Å². The number of phenolic OH excluding ortho intramolecular Hbond substituents is 1. The first-order valence-electron chi connectivity index (χ1n) is 6.79. The Bertz CT molecular complexity index is 448. The van der Waals surface area contributed by atoms with Crippen molar-refractivity contribution in [3.05, 3.63) is 27.7 Å². The molecule has 1 aromatic carbocycles. The average molecular weight is 301 g/mol. The molecule has 2 aliphatic rings. The number of rotatable bonds is 3. The molecule has 0 unspecified atom stereocenters. The quantitative estimate of drug-likeness (QED) is 0.900. The van der Waals surface area contributed by atoms with Crippen LogP contribution in [0.2, 0.25) is 10.0 Å². The van der Waals surface area contributed by atoms with Crippen molar-refractivity contribution in [3.63, 3.8) is 0 Å². The number of hydrogen-bond donors (Lipinski definition) is 2. The van der Waals surface area contributed by atoms with Crippen LogP contribution in [0.3, 0.4) is 0 Å². The van der Waals surface area contributed by atoms with Crippen LogP contribution in [0.1, 0.15) is 24.4 Å². The van der Waals surface area contributed by atoms with Crippen molar-refractivity contribution in [3.8, 4) is 5.75 Å². The Morgan fingerprint density at radius 2 is 1.89 bits per heavy atom. The Morgan fingerprint density at radius 1 is 1.21 bits per heavy atom. The molecule has 2 N–H and O–H groups in total. The van der Waals surface area contributed by atoms with Crippen LogP contribution in [0, 0.1) is 5.92 Å². The second kappa shape index (κ2) is 5.49. The lowest BCUT2D eigenvalue weighted by molar-refractivity contribution is 0.154. The summed E-state index contributed by atoms with van der Waals surface area (Å²) in [6.07, 6.45) is 2.43. The normalized spacial score (nSPS) is 22.4. The first kappa shape index (κ1) is 13.5. The van der Waals surface area contributed by atoms with Crippen molar-refractivity contribution < 1.29 is 5.11 Å². The van der Waals surface area contributed by atoms with Crippen LogP contribution in [0.25, 0.3) is 0 Å². The Balaban J connectivity index is 1.95. The van der Waals surface area contributed by atoms with Gasteiger partial charge in [0.1, 0.15) is 5.75 Å². The fourth-order valence-corrected chi connectivity index (χ4v) is 3.55. The van der Waals surface area contributed by atoms with Gasteiger partial charge in [-0.2, -0.15) is 0 Å². The summed E-state index contributed by atoms with van der Waals surface area (Å²) < 4.78 is 0. The molecule has 1 saturated heterocycles. The summed E-state index contributed by atoms with van der Waals surface area (Å²) in [5, 5.41) is 14.7. The summed E-state index contributed by atoms with van der Waals surface area (Å²) in [4.78, 5) is 2.43. The van der Waals surface area contributed by atoms with Gasteiger partial charge in [0.05, 0.1) is 5.02 Å². The number of piperazine rings is 1. The molecule has 5 heteroatoms. The highest BCUT2D eigenvalue weighted by atomic mass is 35.5. The molecule has 2 fully saturated rings. The van der Waals surface area contributed by atoms with Crippen LogP contribution >= 0.6 is 23.2 Å². The lowest BCUT2D eigenvalue weighted by Gasteiger charge is -2.36. The van der Waals surface area contributed by atoms with Crippen LogP contribution in [-0.2, 0) is 0 Å². The highest BCUT2D eigenvalue weighted by molar-refractivity contribution is 6.35. The highest BCUT2D eigenvalue weighted by Gasteiger charge is 2.39. The van der Waals surface area contributed by atoms with Gasteiger partial charge in [0.2, 0.25) is 0 Å². The van der Waals surface area contributed by atoms with Gasteiger partial charge in [0, 0.05) is 42.8 Å². The summed E-state index contributed by atoms with van der Waals surface area (Å²) >= 11 is 12.3. The van der Waals surface area contributed by atoms with Crippen LogP contribution in [0.5, 0.6) is 5.75 Å². The van der Waals surface area contributed by atoms with Crippen molar-refractivity contribution >= 4 is 23.2 Å². The molecule has 0 amide bonds. The molecule has 1 aromatic rings. The number of aromatic hydroxyl groups is 1. The number of benzene rings is 1. The zero-order valence-electron chi connectivity index (χ0n) is 10.7. The topological polar surface area (TPSA) is 35.5 Å². The maximum atomic E-state index is 10.2. The maximum absolute atomic E-state index is 10.2. The molecule has 3 nitrogen and oxygen atoms in total. The molecule has 3 rings (SSSR count). The largest absolute Gasteiger partial charge is 0.508 e. The molecule has 104 valence electrons. The first-order valence-corrected chi connectivity index (χ1v) is 7.55. The second-order valence-electron chi connectivity index (χ2n) is 5.39. The summed E-state index contributed by atoms with van der Waals surface area (Å²) in [6.45, 7) is 3.99.